The zero-order valence-electron chi connectivity index (χ0n) is 23.7. The molecule has 0 spiro atoms. The van der Waals surface area contributed by atoms with Crippen LogP contribution >= 0.6 is 0 Å². The largest absolute Gasteiger partial charge is 0.508 e. The van der Waals surface area contributed by atoms with Crippen LogP contribution in [-0.2, 0) is 32.0 Å². The minimum absolute atomic E-state index is 0.0140. The van der Waals surface area contributed by atoms with Crippen molar-refractivity contribution in [2.24, 2.45) is 28.1 Å². The molecular formula is C27H41N9O6. The number of nitrogens with one attached hydrogen (secondary N) is 4. The zero-order valence-corrected chi connectivity index (χ0v) is 23.7. The number of aromatic hydroxyl groups is 1. The number of guanidine groups is 1. The van der Waals surface area contributed by atoms with E-state index >= 15 is 0 Å². The minimum Gasteiger partial charge on any atom is -0.508 e. The first-order valence-corrected chi connectivity index (χ1v) is 13.6. The van der Waals surface area contributed by atoms with E-state index in [4.69, 9.17) is 17.2 Å². The maximum absolute atomic E-state index is 13.5. The second-order valence-corrected chi connectivity index (χ2v) is 10.4. The number of hydrogen-bond acceptors (Lipinski definition) is 8. The van der Waals surface area contributed by atoms with Gasteiger partial charge >= 0.3 is 5.97 Å². The van der Waals surface area contributed by atoms with Crippen molar-refractivity contribution in [1.82, 2.24) is 25.9 Å². The Balaban J connectivity index is 2.23. The summed E-state index contributed by atoms with van der Waals surface area (Å²) in [5, 5.41) is 27.0. The molecule has 0 saturated carbocycles. The van der Waals surface area contributed by atoms with E-state index < -0.39 is 47.9 Å². The SMILES string of the molecule is CC(C)CC(N)C(=O)NC(Cc1cnc[nH]1)C(=O)NC(CCCN=C(N)N)C(=O)NC(Cc1ccc(O)cc1)C(=O)O. The van der Waals surface area contributed by atoms with Gasteiger partial charge in [-0.15, -0.1) is 0 Å². The molecule has 42 heavy (non-hydrogen) atoms. The molecule has 15 nitrogen and oxygen atoms in total. The molecule has 230 valence electrons. The van der Waals surface area contributed by atoms with Crippen LogP contribution in [0.5, 0.6) is 5.75 Å². The number of aromatic amines is 1. The lowest BCUT2D eigenvalue weighted by Crippen LogP contribution is -2.58. The second-order valence-electron chi connectivity index (χ2n) is 10.4. The summed E-state index contributed by atoms with van der Waals surface area (Å²) in [6, 6.07) is 1.42. The molecule has 2 rings (SSSR count). The number of phenols is 1. The number of benzene rings is 1. The van der Waals surface area contributed by atoms with Gasteiger partial charge in [0, 0.05) is 31.3 Å². The standard InChI is InChI=1S/C27H41N9O6/c1-15(2)10-19(28)23(38)35-21(12-17-13-31-14-33-17)25(40)34-20(4-3-9-32-27(29)30)24(39)36-22(26(41)42)11-16-5-7-18(37)8-6-16/h5-8,13-15,19-22,37H,3-4,9-12,28H2,1-2H3,(H,31,33)(H,34,40)(H,35,38)(H,36,39)(H,41,42)(H4,29,30,32). The number of nitrogens with two attached hydrogens (primary N) is 3. The van der Waals surface area contributed by atoms with Crippen LogP contribution < -0.4 is 33.2 Å². The Morgan fingerprint density at radius 1 is 0.952 bits per heavy atom. The molecular weight excluding hydrogens is 546 g/mol. The molecule has 12 N–H and O–H groups in total. The Labute approximate surface area is 243 Å². The van der Waals surface area contributed by atoms with Gasteiger partial charge in [0.05, 0.1) is 12.4 Å². The van der Waals surface area contributed by atoms with Crippen LogP contribution in [0.15, 0.2) is 41.8 Å². The number of aliphatic imine (C=N–C) groups is 1. The summed E-state index contributed by atoms with van der Waals surface area (Å²) >= 11 is 0. The molecule has 0 bridgehead atoms. The molecule has 1 aromatic carbocycles. The Bertz CT molecular complexity index is 1200. The summed E-state index contributed by atoms with van der Waals surface area (Å²) < 4.78 is 0. The number of carbonyl (C=O) groups excluding carboxylic acids is 3. The first-order chi connectivity index (χ1) is 19.8. The second kappa shape index (κ2) is 16.6. The topological polar surface area (TPSA) is 264 Å². The predicted octanol–water partition coefficient (Wildman–Crippen LogP) is -1.13. The highest BCUT2D eigenvalue weighted by atomic mass is 16.4. The Hall–Kier alpha value is -4.66. The van der Waals surface area contributed by atoms with E-state index in [1.807, 2.05) is 13.8 Å². The van der Waals surface area contributed by atoms with Crippen molar-refractivity contribution < 1.29 is 29.4 Å². The number of carboxylic acid groups (broad SMARTS) is 1. The summed E-state index contributed by atoms with van der Waals surface area (Å²) in [4.78, 5) is 62.2. The van der Waals surface area contributed by atoms with Crippen LogP contribution in [0.3, 0.4) is 0 Å². The van der Waals surface area contributed by atoms with Crippen LogP contribution in [0, 0.1) is 5.92 Å². The number of imidazole rings is 1. The number of carboxylic acids is 1. The summed E-state index contributed by atoms with van der Waals surface area (Å²) in [6.07, 6.45) is 3.64. The van der Waals surface area contributed by atoms with Crippen LogP contribution in [0.2, 0.25) is 0 Å². The van der Waals surface area contributed by atoms with E-state index in [0.29, 0.717) is 17.7 Å². The molecule has 0 fully saturated rings. The van der Waals surface area contributed by atoms with E-state index in [2.05, 4.69) is 30.9 Å². The summed E-state index contributed by atoms with van der Waals surface area (Å²) in [5.41, 5.74) is 17.9. The monoisotopic (exact) mass is 587 g/mol. The molecule has 0 aliphatic carbocycles. The average molecular weight is 588 g/mol. The fourth-order valence-corrected chi connectivity index (χ4v) is 4.10. The van der Waals surface area contributed by atoms with Crippen molar-refractivity contribution >= 4 is 29.7 Å². The van der Waals surface area contributed by atoms with Crippen molar-refractivity contribution in [2.75, 3.05) is 6.54 Å². The van der Waals surface area contributed by atoms with Crippen molar-refractivity contribution in [3.63, 3.8) is 0 Å². The molecule has 0 saturated heterocycles. The fourth-order valence-electron chi connectivity index (χ4n) is 4.10. The summed E-state index contributed by atoms with van der Waals surface area (Å²) in [6.45, 7) is 4.00. The molecule has 15 heteroatoms. The molecule has 1 heterocycles. The van der Waals surface area contributed by atoms with Crippen molar-refractivity contribution in [3.05, 3.63) is 48.0 Å². The van der Waals surface area contributed by atoms with Gasteiger partial charge in [-0.25, -0.2) is 9.78 Å². The number of carbonyl (C=O) groups is 4. The average Bonchev–Trinajstić information content (AvgIpc) is 3.43. The third-order valence-electron chi connectivity index (χ3n) is 6.24. The van der Waals surface area contributed by atoms with E-state index in [0.717, 1.165) is 0 Å². The fraction of sp³-hybridized carbons (Fsp3) is 0.481. The van der Waals surface area contributed by atoms with Gasteiger partial charge < -0.3 is 48.3 Å². The van der Waals surface area contributed by atoms with Crippen LogP contribution in [-0.4, -0.2) is 80.5 Å². The van der Waals surface area contributed by atoms with Gasteiger partial charge in [-0.05, 0) is 42.9 Å². The van der Waals surface area contributed by atoms with E-state index in [1.165, 1.54) is 24.7 Å². The first kappa shape index (κ1) is 33.5. The highest BCUT2D eigenvalue weighted by Crippen LogP contribution is 2.12. The number of hydrogen-bond donors (Lipinski definition) is 9. The highest BCUT2D eigenvalue weighted by Gasteiger charge is 2.31. The number of phenolic OH excluding ortho intramolecular Hbond substituents is 1. The molecule has 2 aromatic rings. The smallest absolute Gasteiger partial charge is 0.326 e. The third kappa shape index (κ3) is 11.8. The number of aromatic nitrogens is 2. The molecule has 0 aliphatic heterocycles. The van der Waals surface area contributed by atoms with Crippen molar-refractivity contribution in [1.29, 1.82) is 0 Å². The van der Waals surface area contributed by atoms with Gasteiger partial charge in [0.25, 0.3) is 0 Å². The summed E-state index contributed by atoms with van der Waals surface area (Å²) in [5.74, 6) is -3.22. The zero-order chi connectivity index (χ0) is 31.2. The van der Waals surface area contributed by atoms with Gasteiger partial charge in [0.1, 0.15) is 23.9 Å². The Morgan fingerprint density at radius 3 is 2.14 bits per heavy atom. The normalized spacial score (nSPS) is 13.8. The molecule has 1 aromatic heterocycles. The van der Waals surface area contributed by atoms with Crippen molar-refractivity contribution in [3.8, 4) is 5.75 Å². The lowest BCUT2D eigenvalue weighted by Gasteiger charge is -2.25. The Morgan fingerprint density at radius 2 is 1.57 bits per heavy atom. The van der Waals surface area contributed by atoms with Gasteiger partial charge in [-0.2, -0.15) is 0 Å². The van der Waals surface area contributed by atoms with Crippen LogP contribution in [0.4, 0.5) is 0 Å². The van der Waals surface area contributed by atoms with Crippen molar-refractivity contribution in [2.45, 2.75) is 70.1 Å². The summed E-state index contributed by atoms with van der Waals surface area (Å²) in [7, 11) is 0. The lowest BCUT2D eigenvalue weighted by atomic mass is 10.0. The number of amides is 3. The molecule has 0 radical (unpaired) electrons. The molecule has 4 atom stereocenters. The lowest BCUT2D eigenvalue weighted by molar-refractivity contribution is -0.142. The molecule has 3 amide bonds. The van der Waals surface area contributed by atoms with Crippen LogP contribution in [0.25, 0.3) is 0 Å². The highest BCUT2D eigenvalue weighted by molar-refractivity contribution is 5.94. The van der Waals surface area contributed by atoms with Gasteiger partial charge in [-0.1, -0.05) is 26.0 Å². The third-order valence-corrected chi connectivity index (χ3v) is 6.24. The first-order valence-electron chi connectivity index (χ1n) is 13.6. The number of aliphatic carboxylic acids is 1. The van der Waals surface area contributed by atoms with E-state index in [1.54, 1.807) is 12.1 Å². The van der Waals surface area contributed by atoms with Gasteiger partial charge in [0.15, 0.2) is 5.96 Å². The molecule has 4 unspecified atom stereocenters. The van der Waals surface area contributed by atoms with Crippen LogP contribution in [0.1, 0.15) is 44.4 Å². The van der Waals surface area contributed by atoms with Gasteiger partial charge in [-0.3, -0.25) is 19.4 Å². The maximum atomic E-state index is 13.5. The minimum atomic E-state index is -1.33. The van der Waals surface area contributed by atoms with Gasteiger partial charge in [0.2, 0.25) is 17.7 Å². The Kier molecular flexibility index (Phi) is 13.2. The number of nitrogens with zero attached hydrogens (tertiary/aromatic N) is 2. The quantitative estimate of drug-likeness (QED) is 0.0610. The maximum Gasteiger partial charge on any atom is 0.326 e. The number of H-pyrrole nitrogens is 1. The van der Waals surface area contributed by atoms with E-state index in [-0.39, 0.29) is 49.9 Å². The predicted molar refractivity (Wildman–Crippen MR) is 155 cm³/mol. The number of rotatable bonds is 17. The molecule has 0 aliphatic rings. The van der Waals surface area contributed by atoms with E-state index in [9.17, 15) is 29.4 Å².